The van der Waals surface area contributed by atoms with Crippen molar-refractivity contribution < 1.29 is 52.9 Å². The minimum atomic E-state index is -4.58. The molecule has 0 spiro atoms. The summed E-state index contributed by atoms with van der Waals surface area (Å²) in [6.45, 7) is 0. The SMILES string of the molecule is O=S(=O)(O)c1ccc(O)c2ncccc12.O=S(=O)([O-])c1ccc([O-])c2ncccc12.[Co+2]. The normalized spacial score (nSPS) is 11.4. The first-order chi connectivity index (χ1) is 14.0. The summed E-state index contributed by atoms with van der Waals surface area (Å²) in [5.74, 6) is -0.531. The van der Waals surface area contributed by atoms with Crippen molar-refractivity contribution in [2.45, 2.75) is 9.79 Å². The molecule has 4 rings (SSSR count). The van der Waals surface area contributed by atoms with E-state index in [0.717, 1.165) is 18.2 Å². The third kappa shape index (κ3) is 5.27. The average Bonchev–Trinajstić information content (AvgIpc) is 2.67. The van der Waals surface area contributed by atoms with Gasteiger partial charge in [-0.05, 0) is 36.4 Å². The average molecular weight is 507 g/mol. The molecule has 0 atom stereocenters. The zero-order valence-corrected chi connectivity index (χ0v) is 17.8. The Kier molecular flexibility index (Phi) is 7.20. The Balaban J connectivity index is 0.000000213. The predicted octanol–water partition coefficient (Wildman–Crippen LogP) is 1.40. The molecule has 2 aromatic carbocycles. The smallest absolute Gasteiger partial charge is 0.871 e. The fourth-order valence-corrected chi connectivity index (χ4v) is 4.05. The Labute approximate surface area is 186 Å². The second-order valence-corrected chi connectivity index (χ2v) is 8.61. The van der Waals surface area contributed by atoms with Gasteiger partial charge in [0.2, 0.25) is 0 Å². The van der Waals surface area contributed by atoms with Gasteiger partial charge in [0, 0.05) is 23.2 Å². The van der Waals surface area contributed by atoms with Crippen molar-refractivity contribution in [3.8, 4) is 11.5 Å². The second kappa shape index (κ2) is 9.13. The summed E-state index contributed by atoms with van der Waals surface area (Å²) >= 11 is 0. The summed E-state index contributed by atoms with van der Waals surface area (Å²) in [6.07, 6.45) is 2.79. The molecule has 0 saturated heterocycles. The maximum absolute atomic E-state index is 11.3. The molecule has 31 heavy (non-hydrogen) atoms. The first-order valence-corrected chi connectivity index (χ1v) is 10.9. The molecule has 0 bridgehead atoms. The summed E-state index contributed by atoms with van der Waals surface area (Å²) in [6, 6.07) is 10.2. The second-order valence-electron chi connectivity index (χ2n) is 5.87. The minimum absolute atomic E-state index is 0. The fraction of sp³-hybridized carbons (Fsp3) is 0. The molecule has 10 nitrogen and oxygen atoms in total. The number of nitrogens with zero attached hydrogens (tertiary/aromatic N) is 2. The van der Waals surface area contributed by atoms with Gasteiger partial charge in [0.15, 0.2) is 0 Å². The minimum Gasteiger partial charge on any atom is -0.871 e. The predicted molar refractivity (Wildman–Crippen MR) is 102 cm³/mol. The molecule has 2 heterocycles. The first-order valence-electron chi connectivity index (χ1n) is 8.05. The number of benzene rings is 2. The van der Waals surface area contributed by atoms with E-state index < -0.39 is 30.9 Å². The van der Waals surface area contributed by atoms with Crippen LogP contribution in [0.2, 0.25) is 0 Å². The molecule has 13 heteroatoms. The van der Waals surface area contributed by atoms with Gasteiger partial charge in [0.25, 0.3) is 10.1 Å². The number of phenols is 1. The van der Waals surface area contributed by atoms with Crippen molar-refractivity contribution in [3.05, 3.63) is 60.9 Å². The summed E-state index contributed by atoms with van der Waals surface area (Å²) in [7, 11) is -8.87. The Morgan fingerprint density at radius 1 is 0.774 bits per heavy atom. The number of phenolic OH excluding ortho intramolecular Hbond substituents is 1. The molecule has 2 aromatic heterocycles. The topological polar surface area (TPSA) is 181 Å². The summed E-state index contributed by atoms with van der Waals surface area (Å²) in [5.41, 5.74) is 0.141. The van der Waals surface area contributed by atoms with Gasteiger partial charge < -0.3 is 14.8 Å². The zero-order chi connectivity index (χ0) is 22.1. The molecule has 0 aliphatic heterocycles. The first kappa shape index (κ1) is 24.5. The Bertz CT molecular complexity index is 1360. The third-order valence-corrected chi connectivity index (χ3v) is 5.75. The Hall–Kier alpha value is -2.81. The molecular weight excluding hydrogens is 495 g/mol. The largest absolute Gasteiger partial charge is 2.00 e. The van der Waals surface area contributed by atoms with Crippen LogP contribution in [0.4, 0.5) is 0 Å². The maximum atomic E-state index is 11.3. The molecule has 0 unspecified atom stereocenters. The summed E-state index contributed by atoms with van der Waals surface area (Å²) < 4.78 is 63.6. The van der Waals surface area contributed by atoms with E-state index in [4.69, 9.17) is 4.55 Å². The molecule has 4 aromatic rings. The standard InChI is InChI=1S/2C9H7NO4S.Co/c2*11-7-3-4-8(15(12,13)14)6-2-1-5-10-9(6)7;/h2*1-5,11H,(H,12,13,14);/q;;+2/p-2. The molecule has 0 amide bonds. The van der Waals surface area contributed by atoms with E-state index in [1.807, 2.05) is 0 Å². The molecule has 0 aliphatic carbocycles. The molecule has 0 saturated carbocycles. The number of pyridine rings is 2. The van der Waals surface area contributed by atoms with Crippen molar-refractivity contribution in [2.75, 3.05) is 0 Å². The number of aromatic hydroxyl groups is 1. The van der Waals surface area contributed by atoms with Crippen LogP contribution in [-0.4, -0.2) is 41.0 Å². The van der Waals surface area contributed by atoms with E-state index in [1.54, 1.807) is 0 Å². The van der Waals surface area contributed by atoms with Crippen LogP contribution in [0.25, 0.3) is 21.8 Å². The van der Waals surface area contributed by atoms with Gasteiger partial charge in [0.05, 0.1) is 10.4 Å². The van der Waals surface area contributed by atoms with Gasteiger partial charge in [-0.2, -0.15) is 8.42 Å². The van der Waals surface area contributed by atoms with Gasteiger partial charge >= 0.3 is 16.8 Å². The molecular formula is C18H12CoN2O8S2. The molecule has 163 valence electrons. The quantitative estimate of drug-likeness (QED) is 0.376. The van der Waals surface area contributed by atoms with Crippen LogP contribution < -0.4 is 5.11 Å². The Morgan fingerprint density at radius 3 is 1.84 bits per heavy atom. The monoisotopic (exact) mass is 507 g/mol. The van der Waals surface area contributed by atoms with Crippen molar-refractivity contribution in [3.63, 3.8) is 0 Å². The third-order valence-electron chi connectivity index (χ3n) is 3.95. The molecule has 1 radical (unpaired) electrons. The van der Waals surface area contributed by atoms with E-state index in [-0.39, 0.29) is 49.2 Å². The maximum Gasteiger partial charge on any atom is 2.00 e. The van der Waals surface area contributed by atoms with Crippen molar-refractivity contribution in [1.29, 1.82) is 0 Å². The van der Waals surface area contributed by atoms with Crippen molar-refractivity contribution >= 4 is 42.0 Å². The summed E-state index contributed by atoms with van der Waals surface area (Å²) in [5, 5.41) is 21.0. The Morgan fingerprint density at radius 2 is 1.29 bits per heavy atom. The van der Waals surface area contributed by atoms with Crippen LogP contribution in [0.5, 0.6) is 11.5 Å². The van der Waals surface area contributed by atoms with E-state index in [2.05, 4.69) is 9.97 Å². The van der Waals surface area contributed by atoms with E-state index in [1.165, 1.54) is 42.7 Å². The van der Waals surface area contributed by atoms with Crippen LogP contribution in [0.1, 0.15) is 0 Å². The summed E-state index contributed by atoms with van der Waals surface area (Å²) in [4.78, 5) is 6.90. The van der Waals surface area contributed by atoms with Crippen LogP contribution in [-0.2, 0) is 37.0 Å². The van der Waals surface area contributed by atoms with E-state index in [9.17, 15) is 31.6 Å². The number of hydrogen-bond donors (Lipinski definition) is 2. The number of rotatable bonds is 2. The van der Waals surface area contributed by atoms with Gasteiger partial charge in [-0.15, -0.1) is 0 Å². The number of hydrogen-bond acceptors (Lipinski definition) is 9. The molecule has 2 N–H and O–H groups in total. The van der Waals surface area contributed by atoms with Crippen molar-refractivity contribution in [2.24, 2.45) is 0 Å². The number of aromatic nitrogens is 2. The fourth-order valence-electron chi connectivity index (χ4n) is 2.70. The molecule has 0 fully saturated rings. The van der Waals surface area contributed by atoms with Crippen LogP contribution in [0.3, 0.4) is 0 Å². The van der Waals surface area contributed by atoms with E-state index >= 15 is 0 Å². The zero-order valence-electron chi connectivity index (χ0n) is 15.2. The van der Waals surface area contributed by atoms with Crippen LogP contribution in [0, 0.1) is 0 Å². The van der Waals surface area contributed by atoms with E-state index in [0.29, 0.717) is 0 Å². The number of fused-ring (bicyclic) bond motifs is 2. The van der Waals surface area contributed by atoms with Gasteiger partial charge in [-0.25, -0.2) is 8.42 Å². The molecule has 0 aliphatic rings. The van der Waals surface area contributed by atoms with Crippen LogP contribution in [0.15, 0.2) is 70.7 Å². The van der Waals surface area contributed by atoms with Gasteiger partial charge in [0.1, 0.15) is 26.3 Å². The van der Waals surface area contributed by atoms with Crippen molar-refractivity contribution in [1.82, 2.24) is 9.97 Å². The van der Waals surface area contributed by atoms with Gasteiger partial charge in [-0.1, -0.05) is 17.9 Å². The van der Waals surface area contributed by atoms with Crippen LogP contribution >= 0.6 is 0 Å². The van der Waals surface area contributed by atoms with Gasteiger partial charge in [-0.3, -0.25) is 14.5 Å².